The molecule has 1 aromatic carbocycles. The molecule has 4 rings (SSSR count). The highest BCUT2D eigenvalue weighted by Crippen LogP contribution is 2.40. The van der Waals surface area contributed by atoms with Crippen LogP contribution < -0.4 is 15.0 Å². The highest BCUT2D eigenvalue weighted by Gasteiger charge is 2.46. The van der Waals surface area contributed by atoms with Crippen LogP contribution in [0.5, 0.6) is 5.75 Å². The number of amides is 2. The second-order valence-corrected chi connectivity index (χ2v) is 6.48. The highest BCUT2D eigenvalue weighted by molar-refractivity contribution is 5.94. The lowest BCUT2D eigenvalue weighted by Crippen LogP contribution is -2.47. The zero-order chi connectivity index (χ0) is 18.3. The third-order valence-corrected chi connectivity index (χ3v) is 4.64. The van der Waals surface area contributed by atoms with Gasteiger partial charge in [0.15, 0.2) is 0 Å². The van der Waals surface area contributed by atoms with Gasteiger partial charge in [-0.3, -0.25) is 14.7 Å². The Hall–Kier alpha value is -3.09. The monoisotopic (exact) mass is 353 g/mol. The molecule has 2 atom stereocenters. The molecule has 2 aromatic rings. The predicted molar refractivity (Wildman–Crippen MR) is 95.1 cm³/mol. The summed E-state index contributed by atoms with van der Waals surface area (Å²) in [5, 5.41) is 2.69. The van der Waals surface area contributed by atoms with Gasteiger partial charge in [0.1, 0.15) is 24.5 Å². The second-order valence-electron chi connectivity index (χ2n) is 6.48. The standard InChI is InChI=1S/C19H19N3O4/c1-11-3-4-14(8-20-11)13-5-6-15-17(7-13)25-10-16-18(9-21-12(2)23)26-19(24)22(15)16/h3-8,16,18H,9-10H2,1-2H3,(H,21,23). The lowest BCUT2D eigenvalue weighted by Gasteiger charge is -2.31. The molecule has 0 aliphatic carbocycles. The fraction of sp³-hybridized carbons (Fsp3) is 0.316. The Morgan fingerprint density at radius 1 is 1.31 bits per heavy atom. The molecule has 7 heteroatoms. The topological polar surface area (TPSA) is 80.8 Å². The number of hydrogen-bond donors (Lipinski definition) is 1. The van der Waals surface area contributed by atoms with Crippen molar-refractivity contribution in [2.24, 2.45) is 0 Å². The van der Waals surface area contributed by atoms with E-state index < -0.39 is 12.2 Å². The first kappa shape index (κ1) is 16.4. The van der Waals surface area contributed by atoms with E-state index in [0.29, 0.717) is 18.0 Å². The summed E-state index contributed by atoms with van der Waals surface area (Å²) in [6.45, 7) is 3.96. The van der Waals surface area contributed by atoms with Crippen LogP contribution in [0.3, 0.4) is 0 Å². The van der Waals surface area contributed by atoms with Crippen LogP contribution in [0.15, 0.2) is 36.5 Å². The molecule has 2 unspecified atom stereocenters. The number of carbonyl (C=O) groups is 2. The summed E-state index contributed by atoms with van der Waals surface area (Å²) >= 11 is 0. The number of aromatic nitrogens is 1. The molecule has 0 spiro atoms. The van der Waals surface area contributed by atoms with Crippen molar-refractivity contribution >= 4 is 17.7 Å². The molecule has 0 radical (unpaired) electrons. The van der Waals surface area contributed by atoms with Crippen molar-refractivity contribution in [2.45, 2.75) is 26.0 Å². The minimum atomic E-state index is -0.430. The van der Waals surface area contributed by atoms with Crippen LogP contribution in [0.4, 0.5) is 10.5 Å². The van der Waals surface area contributed by atoms with Crippen molar-refractivity contribution < 1.29 is 19.1 Å². The van der Waals surface area contributed by atoms with Gasteiger partial charge >= 0.3 is 6.09 Å². The number of fused-ring (bicyclic) bond motifs is 3. The van der Waals surface area contributed by atoms with E-state index in [1.54, 1.807) is 4.90 Å². The van der Waals surface area contributed by atoms with Gasteiger partial charge in [-0.15, -0.1) is 0 Å². The van der Waals surface area contributed by atoms with Crippen LogP contribution >= 0.6 is 0 Å². The van der Waals surface area contributed by atoms with Crippen molar-refractivity contribution in [3.8, 4) is 16.9 Å². The van der Waals surface area contributed by atoms with Crippen molar-refractivity contribution in [2.75, 3.05) is 18.1 Å². The summed E-state index contributed by atoms with van der Waals surface area (Å²) in [4.78, 5) is 29.4. The molecule has 26 heavy (non-hydrogen) atoms. The molecule has 2 amide bonds. The number of nitrogens with zero attached hydrogens (tertiary/aromatic N) is 2. The molecule has 0 bridgehead atoms. The predicted octanol–water partition coefficient (Wildman–Crippen LogP) is 2.28. The summed E-state index contributed by atoms with van der Waals surface area (Å²) in [6, 6.07) is 9.41. The first-order valence-electron chi connectivity index (χ1n) is 8.47. The zero-order valence-corrected chi connectivity index (χ0v) is 14.6. The van der Waals surface area contributed by atoms with E-state index in [4.69, 9.17) is 9.47 Å². The van der Waals surface area contributed by atoms with E-state index >= 15 is 0 Å². The summed E-state index contributed by atoms with van der Waals surface area (Å²) < 4.78 is 11.3. The van der Waals surface area contributed by atoms with Gasteiger partial charge in [0.25, 0.3) is 0 Å². The molecular formula is C19H19N3O4. The Bertz CT molecular complexity index is 866. The maximum atomic E-state index is 12.3. The lowest BCUT2D eigenvalue weighted by atomic mass is 10.0. The van der Waals surface area contributed by atoms with Crippen molar-refractivity contribution in [1.29, 1.82) is 0 Å². The Labute approximate surface area is 150 Å². The van der Waals surface area contributed by atoms with E-state index in [9.17, 15) is 9.59 Å². The summed E-state index contributed by atoms with van der Waals surface area (Å²) in [7, 11) is 0. The van der Waals surface area contributed by atoms with Gasteiger partial charge in [-0.2, -0.15) is 0 Å². The number of cyclic esters (lactones) is 1. The van der Waals surface area contributed by atoms with Crippen LogP contribution in [-0.4, -0.2) is 42.3 Å². The van der Waals surface area contributed by atoms with Crippen LogP contribution in [0.2, 0.25) is 0 Å². The van der Waals surface area contributed by atoms with Crippen LogP contribution in [-0.2, 0) is 9.53 Å². The fourth-order valence-electron chi connectivity index (χ4n) is 3.27. The summed E-state index contributed by atoms with van der Waals surface area (Å²) in [6.07, 6.45) is 0.969. The third kappa shape index (κ3) is 2.85. The van der Waals surface area contributed by atoms with Gasteiger partial charge in [-0.25, -0.2) is 4.79 Å². The highest BCUT2D eigenvalue weighted by atomic mass is 16.6. The van der Waals surface area contributed by atoms with E-state index in [-0.39, 0.29) is 18.5 Å². The number of aryl methyl sites for hydroxylation is 1. The lowest BCUT2D eigenvalue weighted by molar-refractivity contribution is -0.119. The molecule has 3 heterocycles. The number of hydrogen-bond acceptors (Lipinski definition) is 5. The molecule has 0 saturated carbocycles. The minimum Gasteiger partial charge on any atom is -0.489 e. The quantitative estimate of drug-likeness (QED) is 0.916. The molecule has 2 aliphatic rings. The van der Waals surface area contributed by atoms with Gasteiger partial charge in [-0.1, -0.05) is 12.1 Å². The maximum Gasteiger partial charge on any atom is 0.415 e. The van der Waals surface area contributed by atoms with Crippen LogP contribution in [0.25, 0.3) is 11.1 Å². The van der Waals surface area contributed by atoms with Gasteiger partial charge < -0.3 is 14.8 Å². The normalized spacial score (nSPS) is 20.7. The number of pyridine rings is 1. The summed E-state index contributed by atoms with van der Waals surface area (Å²) in [5.74, 6) is 0.476. The fourth-order valence-corrected chi connectivity index (χ4v) is 3.27. The van der Waals surface area contributed by atoms with Crippen molar-refractivity contribution in [1.82, 2.24) is 10.3 Å². The van der Waals surface area contributed by atoms with Crippen molar-refractivity contribution in [3.05, 3.63) is 42.2 Å². The van der Waals surface area contributed by atoms with E-state index in [2.05, 4.69) is 10.3 Å². The first-order valence-corrected chi connectivity index (χ1v) is 8.47. The van der Waals surface area contributed by atoms with E-state index in [0.717, 1.165) is 16.8 Å². The van der Waals surface area contributed by atoms with E-state index in [1.165, 1.54) is 6.92 Å². The SMILES string of the molecule is CC(=O)NCC1OC(=O)N2c3ccc(-c4ccc(C)nc4)cc3OCC12. The maximum absolute atomic E-state index is 12.3. The number of anilines is 1. The number of ether oxygens (including phenoxy) is 2. The van der Waals surface area contributed by atoms with Gasteiger partial charge in [0, 0.05) is 24.4 Å². The minimum absolute atomic E-state index is 0.159. The van der Waals surface area contributed by atoms with Gasteiger partial charge in [0.05, 0.1) is 12.2 Å². The smallest absolute Gasteiger partial charge is 0.415 e. The molecule has 1 N–H and O–H groups in total. The average Bonchev–Trinajstić information content (AvgIpc) is 2.96. The number of rotatable bonds is 3. The Morgan fingerprint density at radius 2 is 2.12 bits per heavy atom. The number of nitrogens with one attached hydrogen (secondary N) is 1. The van der Waals surface area contributed by atoms with Crippen molar-refractivity contribution in [3.63, 3.8) is 0 Å². The molecule has 1 aromatic heterocycles. The number of carbonyl (C=O) groups excluding carboxylic acids is 2. The molecule has 2 aliphatic heterocycles. The van der Waals surface area contributed by atoms with Crippen LogP contribution in [0.1, 0.15) is 12.6 Å². The second kappa shape index (κ2) is 6.33. The molecular weight excluding hydrogens is 334 g/mol. The molecule has 1 saturated heterocycles. The Kier molecular flexibility index (Phi) is 3.99. The first-order chi connectivity index (χ1) is 12.5. The van der Waals surface area contributed by atoms with Gasteiger partial charge in [-0.05, 0) is 30.7 Å². The Balaban J connectivity index is 1.61. The zero-order valence-electron chi connectivity index (χ0n) is 14.6. The van der Waals surface area contributed by atoms with Gasteiger partial charge in [0.2, 0.25) is 5.91 Å². The molecule has 7 nitrogen and oxygen atoms in total. The summed E-state index contributed by atoms with van der Waals surface area (Å²) in [5.41, 5.74) is 3.59. The molecule has 1 fully saturated rings. The largest absolute Gasteiger partial charge is 0.489 e. The van der Waals surface area contributed by atoms with E-state index in [1.807, 2.05) is 43.5 Å². The number of benzene rings is 1. The third-order valence-electron chi connectivity index (χ3n) is 4.64. The molecule has 134 valence electrons. The van der Waals surface area contributed by atoms with Crippen LogP contribution in [0, 0.1) is 6.92 Å². The average molecular weight is 353 g/mol. The Morgan fingerprint density at radius 3 is 2.85 bits per heavy atom.